The summed E-state index contributed by atoms with van der Waals surface area (Å²) >= 11 is 11.8. The van der Waals surface area contributed by atoms with Gasteiger partial charge in [0.1, 0.15) is 4.90 Å². The van der Waals surface area contributed by atoms with Gasteiger partial charge in [-0.2, -0.15) is 5.10 Å². The second-order valence-corrected chi connectivity index (χ2v) is 7.38. The molecule has 0 amide bonds. The maximum Gasteiger partial charge on any atom is 0.265 e. The SMILES string of the molecule is Cc1nn(C(C)C)cc1S(=O)(=O)Nc1cc(Cl)ccc1Cl. The number of aryl methyl sites for hydroxylation is 1. The zero-order valence-electron chi connectivity index (χ0n) is 11.8. The predicted molar refractivity (Wildman–Crippen MR) is 84.6 cm³/mol. The van der Waals surface area contributed by atoms with Crippen molar-refractivity contribution in [1.29, 1.82) is 0 Å². The van der Waals surface area contributed by atoms with Gasteiger partial charge in [0.15, 0.2) is 0 Å². The molecule has 0 saturated carbocycles. The van der Waals surface area contributed by atoms with Crippen LogP contribution in [0.4, 0.5) is 5.69 Å². The van der Waals surface area contributed by atoms with Crippen LogP contribution in [0.5, 0.6) is 0 Å². The van der Waals surface area contributed by atoms with Crippen LogP contribution in [0.2, 0.25) is 10.0 Å². The number of rotatable bonds is 4. The number of hydrogen-bond donors (Lipinski definition) is 1. The average molecular weight is 348 g/mol. The molecule has 8 heteroatoms. The summed E-state index contributed by atoms with van der Waals surface area (Å²) in [5.41, 5.74) is 0.662. The van der Waals surface area contributed by atoms with Crippen LogP contribution in [0.25, 0.3) is 0 Å². The van der Waals surface area contributed by atoms with Crippen molar-refractivity contribution in [2.45, 2.75) is 31.7 Å². The second-order valence-electron chi connectivity index (χ2n) is 4.88. The van der Waals surface area contributed by atoms with Crippen molar-refractivity contribution in [3.63, 3.8) is 0 Å². The normalized spacial score (nSPS) is 11.9. The molecule has 0 atom stereocenters. The summed E-state index contributed by atoms with van der Waals surface area (Å²) in [6, 6.07) is 4.65. The van der Waals surface area contributed by atoms with Crippen LogP contribution >= 0.6 is 23.2 Å². The Hall–Kier alpha value is -1.24. The molecule has 0 unspecified atom stereocenters. The largest absolute Gasteiger partial charge is 0.278 e. The summed E-state index contributed by atoms with van der Waals surface area (Å²) in [5, 5.41) is 4.87. The van der Waals surface area contributed by atoms with Crippen molar-refractivity contribution in [2.75, 3.05) is 4.72 Å². The van der Waals surface area contributed by atoms with Gasteiger partial charge in [-0.3, -0.25) is 9.40 Å². The number of nitrogens with one attached hydrogen (secondary N) is 1. The lowest BCUT2D eigenvalue weighted by atomic mass is 10.3. The molecular formula is C13H15Cl2N3O2S. The first kappa shape index (κ1) is 16.1. The van der Waals surface area contributed by atoms with Crippen LogP contribution in [-0.4, -0.2) is 18.2 Å². The molecule has 0 spiro atoms. The Kier molecular flexibility index (Phi) is 4.51. The number of hydrogen-bond acceptors (Lipinski definition) is 3. The molecule has 2 aromatic rings. The summed E-state index contributed by atoms with van der Waals surface area (Å²) in [4.78, 5) is 0.118. The molecular weight excluding hydrogens is 333 g/mol. The number of nitrogens with zero attached hydrogens (tertiary/aromatic N) is 2. The molecule has 0 saturated heterocycles. The maximum absolute atomic E-state index is 12.5. The van der Waals surface area contributed by atoms with Gasteiger partial charge in [-0.15, -0.1) is 0 Å². The Morgan fingerprint density at radius 3 is 2.52 bits per heavy atom. The third-order valence-corrected chi connectivity index (χ3v) is 4.90. The fraction of sp³-hybridized carbons (Fsp3) is 0.308. The van der Waals surface area contributed by atoms with Gasteiger partial charge in [-0.25, -0.2) is 8.42 Å². The molecule has 114 valence electrons. The molecule has 21 heavy (non-hydrogen) atoms. The summed E-state index contributed by atoms with van der Waals surface area (Å²) in [6.45, 7) is 5.49. The number of benzene rings is 1. The first-order chi connectivity index (χ1) is 9.70. The van der Waals surface area contributed by atoms with E-state index >= 15 is 0 Å². The zero-order valence-corrected chi connectivity index (χ0v) is 14.1. The van der Waals surface area contributed by atoms with E-state index in [-0.39, 0.29) is 21.6 Å². The first-order valence-electron chi connectivity index (χ1n) is 6.24. The summed E-state index contributed by atoms with van der Waals surface area (Å²) in [5.74, 6) is 0. The summed E-state index contributed by atoms with van der Waals surface area (Å²) < 4.78 is 29.0. The fourth-order valence-electron chi connectivity index (χ4n) is 1.77. The Balaban J connectivity index is 2.41. The third-order valence-electron chi connectivity index (χ3n) is 2.86. The topological polar surface area (TPSA) is 64.0 Å². The van der Waals surface area contributed by atoms with E-state index in [9.17, 15) is 8.42 Å². The number of halogens is 2. The quantitative estimate of drug-likeness (QED) is 0.912. The number of aromatic nitrogens is 2. The van der Waals surface area contributed by atoms with Gasteiger partial charge < -0.3 is 0 Å². The smallest absolute Gasteiger partial charge is 0.265 e. The van der Waals surface area contributed by atoms with Crippen molar-refractivity contribution in [2.24, 2.45) is 0 Å². The lowest BCUT2D eigenvalue weighted by molar-refractivity contribution is 0.528. The molecule has 0 radical (unpaired) electrons. The Morgan fingerprint density at radius 1 is 1.29 bits per heavy atom. The van der Waals surface area contributed by atoms with Crippen LogP contribution < -0.4 is 4.72 Å². The molecule has 1 aromatic heterocycles. The second kappa shape index (κ2) is 5.87. The molecule has 0 bridgehead atoms. The molecule has 0 aliphatic rings. The van der Waals surface area contributed by atoms with E-state index in [1.165, 1.54) is 18.3 Å². The van der Waals surface area contributed by atoms with E-state index in [4.69, 9.17) is 23.2 Å². The van der Waals surface area contributed by atoms with Gasteiger partial charge in [0.25, 0.3) is 10.0 Å². The van der Waals surface area contributed by atoms with Gasteiger partial charge >= 0.3 is 0 Å². The van der Waals surface area contributed by atoms with Crippen molar-refractivity contribution in [3.05, 3.63) is 40.1 Å². The van der Waals surface area contributed by atoms with Crippen molar-refractivity contribution in [1.82, 2.24) is 9.78 Å². The molecule has 2 rings (SSSR count). The van der Waals surface area contributed by atoms with Crippen LogP contribution in [0.3, 0.4) is 0 Å². The third kappa shape index (κ3) is 3.51. The molecule has 1 heterocycles. The van der Waals surface area contributed by atoms with Crippen LogP contribution in [-0.2, 0) is 10.0 Å². The fourth-order valence-corrected chi connectivity index (χ4v) is 3.41. The highest BCUT2D eigenvalue weighted by molar-refractivity contribution is 7.92. The average Bonchev–Trinajstić information content (AvgIpc) is 2.77. The lowest BCUT2D eigenvalue weighted by Gasteiger charge is -2.09. The van der Waals surface area contributed by atoms with Crippen LogP contribution in [0, 0.1) is 6.92 Å². The first-order valence-corrected chi connectivity index (χ1v) is 8.48. The van der Waals surface area contributed by atoms with Crippen LogP contribution in [0.15, 0.2) is 29.3 Å². The van der Waals surface area contributed by atoms with E-state index in [2.05, 4.69) is 9.82 Å². The molecule has 1 N–H and O–H groups in total. The monoisotopic (exact) mass is 347 g/mol. The molecule has 0 fully saturated rings. The molecule has 5 nitrogen and oxygen atoms in total. The van der Waals surface area contributed by atoms with E-state index in [0.29, 0.717) is 10.7 Å². The van der Waals surface area contributed by atoms with E-state index < -0.39 is 10.0 Å². The highest BCUT2D eigenvalue weighted by Crippen LogP contribution is 2.28. The minimum absolute atomic E-state index is 0.0717. The van der Waals surface area contributed by atoms with Gasteiger partial charge in [-0.1, -0.05) is 23.2 Å². The highest BCUT2D eigenvalue weighted by atomic mass is 35.5. The zero-order chi connectivity index (χ0) is 15.8. The van der Waals surface area contributed by atoms with Gasteiger partial charge in [0.05, 0.1) is 16.4 Å². The van der Waals surface area contributed by atoms with Crippen molar-refractivity contribution >= 4 is 38.9 Å². The van der Waals surface area contributed by atoms with Gasteiger partial charge in [0, 0.05) is 17.3 Å². The van der Waals surface area contributed by atoms with Crippen molar-refractivity contribution < 1.29 is 8.42 Å². The van der Waals surface area contributed by atoms with Gasteiger partial charge in [-0.05, 0) is 39.0 Å². The van der Waals surface area contributed by atoms with E-state index in [1.807, 2.05) is 13.8 Å². The minimum atomic E-state index is -3.77. The highest BCUT2D eigenvalue weighted by Gasteiger charge is 2.22. The molecule has 0 aliphatic carbocycles. The van der Waals surface area contributed by atoms with Crippen molar-refractivity contribution in [3.8, 4) is 0 Å². The number of anilines is 1. The number of sulfonamides is 1. The Bertz CT molecular complexity index is 770. The van der Waals surface area contributed by atoms with E-state index in [0.717, 1.165) is 0 Å². The summed E-state index contributed by atoms with van der Waals surface area (Å²) in [7, 11) is -3.77. The predicted octanol–water partition coefficient (Wildman–Crippen LogP) is 3.88. The maximum atomic E-state index is 12.5. The minimum Gasteiger partial charge on any atom is -0.278 e. The standard InChI is InChI=1S/C13H15Cl2N3O2S/c1-8(2)18-7-13(9(3)16-18)21(19,20)17-12-6-10(14)4-5-11(12)15/h4-8,17H,1-3H3. The molecule has 0 aliphatic heterocycles. The van der Waals surface area contributed by atoms with Gasteiger partial charge in [0.2, 0.25) is 0 Å². The Morgan fingerprint density at radius 2 is 1.95 bits per heavy atom. The summed E-state index contributed by atoms with van der Waals surface area (Å²) in [6.07, 6.45) is 1.50. The van der Waals surface area contributed by atoms with E-state index in [1.54, 1.807) is 17.7 Å². The lowest BCUT2D eigenvalue weighted by Crippen LogP contribution is -2.13. The molecule has 1 aromatic carbocycles. The van der Waals surface area contributed by atoms with Crippen LogP contribution in [0.1, 0.15) is 25.6 Å². The Labute approximate surface area is 133 Å².